The third kappa shape index (κ3) is 3.42. The van der Waals surface area contributed by atoms with E-state index in [-0.39, 0.29) is 5.82 Å². The number of pyridine rings is 2. The lowest BCUT2D eigenvalue weighted by atomic mass is 10.2. The molecule has 2 rings (SSSR count). The molecule has 2 aromatic rings. The molecule has 0 saturated heterocycles. The summed E-state index contributed by atoms with van der Waals surface area (Å²) in [5.41, 5.74) is -2.06. The van der Waals surface area contributed by atoms with E-state index in [1.807, 2.05) is 0 Å². The van der Waals surface area contributed by atoms with Crippen LogP contribution in [0.4, 0.5) is 30.4 Å². The van der Waals surface area contributed by atoms with Crippen LogP contribution in [0.2, 0.25) is 0 Å². The lowest BCUT2D eigenvalue weighted by Gasteiger charge is -2.23. The molecule has 0 aliphatic carbocycles. The minimum Gasteiger partial charge on any atom is -0.274 e. The SMILES string of the molecule is CC(=O)N(c1cc([N+](=O)[O-])ccn1)c1ccncc1C(F)(F)F. The molecule has 0 bridgehead atoms. The zero-order chi connectivity index (χ0) is 17.2. The van der Waals surface area contributed by atoms with Gasteiger partial charge in [0, 0.05) is 31.6 Å². The lowest BCUT2D eigenvalue weighted by molar-refractivity contribution is -0.384. The van der Waals surface area contributed by atoms with E-state index in [9.17, 15) is 28.1 Å². The van der Waals surface area contributed by atoms with E-state index in [0.29, 0.717) is 11.1 Å². The van der Waals surface area contributed by atoms with Gasteiger partial charge in [-0.3, -0.25) is 24.8 Å². The molecular formula is C13H9F3N4O3. The highest BCUT2D eigenvalue weighted by molar-refractivity contribution is 5.99. The van der Waals surface area contributed by atoms with E-state index in [1.165, 1.54) is 0 Å². The molecule has 0 atom stereocenters. The number of alkyl halides is 3. The van der Waals surface area contributed by atoms with Crippen LogP contribution in [0, 0.1) is 10.1 Å². The topological polar surface area (TPSA) is 89.2 Å². The third-order valence-electron chi connectivity index (χ3n) is 2.83. The molecule has 7 nitrogen and oxygen atoms in total. The predicted molar refractivity (Wildman–Crippen MR) is 73.0 cm³/mol. The number of nitro groups is 1. The molecule has 1 amide bonds. The molecule has 0 aromatic carbocycles. The Hall–Kier alpha value is -3.04. The maximum Gasteiger partial charge on any atom is 0.419 e. The normalized spacial score (nSPS) is 11.1. The second kappa shape index (κ2) is 5.99. The maximum absolute atomic E-state index is 13.1. The van der Waals surface area contributed by atoms with Gasteiger partial charge in [-0.05, 0) is 6.07 Å². The molecule has 10 heteroatoms. The number of carbonyl (C=O) groups excluding carboxylic acids is 1. The van der Waals surface area contributed by atoms with Crippen LogP contribution in [0.3, 0.4) is 0 Å². The van der Waals surface area contributed by atoms with Gasteiger partial charge < -0.3 is 0 Å². The smallest absolute Gasteiger partial charge is 0.274 e. The quantitative estimate of drug-likeness (QED) is 0.639. The molecule has 120 valence electrons. The molecule has 0 unspecified atom stereocenters. The summed E-state index contributed by atoms with van der Waals surface area (Å²) >= 11 is 0. The Bertz CT molecular complexity index is 764. The number of anilines is 2. The molecule has 0 radical (unpaired) electrons. The molecule has 0 aliphatic rings. The van der Waals surface area contributed by atoms with E-state index in [2.05, 4.69) is 9.97 Å². The summed E-state index contributed by atoms with van der Waals surface area (Å²) in [5, 5.41) is 10.8. The molecule has 0 saturated carbocycles. The second-order valence-corrected chi connectivity index (χ2v) is 4.37. The minimum absolute atomic E-state index is 0.289. The van der Waals surface area contributed by atoms with Gasteiger partial charge in [0.1, 0.15) is 5.82 Å². The summed E-state index contributed by atoms with van der Waals surface area (Å²) in [6.07, 6.45) is -2.06. The van der Waals surface area contributed by atoms with E-state index >= 15 is 0 Å². The van der Waals surface area contributed by atoms with Crippen molar-refractivity contribution in [2.45, 2.75) is 13.1 Å². The first-order chi connectivity index (χ1) is 10.7. The summed E-state index contributed by atoms with van der Waals surface area (Å²) in [5.74, 6) is -1.07. The number of aromatic nitrogens is 2. The van der Waals surface area contributed by atoms with Crippen LogP contribution in [0.15, 0.2) is 36.8 Å². The van der Waals surface area contributed by atoms with Crippen LogP contribution >= 0.6 is 0 Å². The van der Waals surface area contributed by atoms with E-state index < -0.39 is 33.9 Å². The first-order valence-electron chi connectivity index (χ1n) is 6.14. The summed E-state index contributed by atoms with van der Waals surface area (Å²) in [6.45, 7) is 1.03. The van der Waals surface area contributed by atoms with Crippen LogP contribution in [-0.4, -0.2) is 20.8 Å². The van der Waals surface area contributed by atoms with Crippen LogP contribution in [0.1, 0.15) is 12.5 Å². The first-order valence-corrected chi connectivity index (χ1v) is 6.14. The van der Waals surface area contributed by atoms with Crippen molar-refractivity contribution in [2.24, 2.45) is 0 Å². The van der Waals surface area contributed by atoms with Crippen LogP contribution < -0.4 is 4.90 Å². The lowest BCUT2D eigenvalue weighted by Crippen LogP contribution is -2.26. The van der Waals surface area contributed by atoms with Gasteiger partial charge in [0.15, 0.2) is 0 Å². The van der Waals surface area contributed by atoms with Gasteiger partial charge in [0.25, 0.3) is 5.69 Å². The van der Waals surface area contributed by atoms with Crippen molar-refractivity contribution in [3.8, 4) is 0 Å². The minimum atomic E-state index is -4.75. The zero-order valence-electron chi connectivity index (χ0n) is 11.6. The molecular weight excluding hydrogens is 317 g/mol. The van der Waals surface area contributed by atoms with Crippen molar-refractivity contribution < 1.29 is 22.9 Å². The largest absolute Gasteiger partial charge is 0.419 e. The van der Waals surface area contributed by atoms with E-state index in [4.69, 9.17) is 0 Å². The Morgan fingerprint density at radius 1 is 1.30 bits per heavy atom. The number of amides is 1. The highest BCUT2D eigenvalue weighted by Crippen LogP contribution is 2.38. The fourth-order valence-electron chi connectivity index (χ4n) is 1.90. The van der Waals surface area contributed by atoms with Crippen molar-refractivity contribution >= 4 is 23.1 Å². The van der Waals surface area contributed by atoms with Gasteiger partial charge in [-0.15, -0.1) is 0 Å². The third-order valence-corrected chi connectivity index (χ3v) is 2.83. The molecule has 2 heterocycles. The molecule has 0 N–H and O–H groups in total. The highest BCUT2D eigenvalue weighted by Gasteiger charge is 2.36. The Morgan fingerprint density at radius 3 is 2.57 bits per heavy atom. The van der Waals surface area contributed by atoms with Crippen LogP contribution in [0.25, 0.3) is 0 Å². The average molecular weight is 326 g/mol. The summed E-state index contributed by atoms with van der Waals surface area (Å²) in [4.78, 5) is 29.7. The standard InChI is InChI=1S/C13H9F3N4O3/c1-8(21)19(12-6-9(20(22)23)2-5-18-12)11-3-4-17-7-10(11)13(14,15)16/h2-7H,1H3. The first kappa shape index (κ1) is 16.3. The van der Waals surface area contributed by atoms with E-state index in [0.717, 1.165) is 37.5 Å². The number of halogens is 3. The Morgan fingerprint density at radius 2 is 2.00 bits per heavy atom. The van der Waals surface area contributed by atoms with Gasteiger partial charge in [-0.1, -0.05) is 0 Å². The molecule has 2 aromatic heterocycles. The average Bonchev–Trinajstić information content (AvgIpc) is 2.47. The Balaban J connectivity index is 2.64. The number of carbonyl (C=O) groups is 1. The summed E-state index contributed by atoms with van der Waals surface area (Å²) in [6, 6.07) is 2.98. The van der Waals surface area contributed by atoms with Gasteiger partial charge in [-0.2, -0.15) is 13.2 Å². The van der Waals surface area contributed by atoms with Crippen LogP contribution in [-0.2, 0) is 11.0 Å². The number of hydrogen-bond donors (Lipinski definition) is 0. The highest BCUT2D eigenvalue weighted by atomic mass is 19.4. The monoisotopic (exact) mass is 326 g/mol. The zero-order valence-corrected chi connectivity index (χ0v) is 11.6. The van der Waals surface area contributed by atoms with Gasteiger partial charge in [0.2, 0.25) is 5.91 Å². The number of hydrogen-bond acceptors (Lipinski definition) is 5. The van der Waals surface area contributed by atoms with E-state index in [1.54, 1.807) is 0 Å². The molecule has 0 spiro atoms. The molecule has 23 heavy (non-hydrogen) atoms. The summed E-state index contributed by atoms with van der Waals surface area (Å²) in [7, 11) is 0. The molecule has 0 aliphatic heterocycles. The Kier molecular flexibility index (Phi) is 4.25. The maximum atomic E-state index is 13.1. The van der Waals surface area contributed by atoms with Crippen molar-refractivity contribution in [1.82, 2.24) is 9.97 Å². The van der Waals surface area contributed by atoms with Gasteiger partial charge in [0.05, 0.1) is 22.2 Å². The predicted octanol–water partition coefficient (Wildman–Crippen LogP) is 3.09. The number of rotatable bonds is 3. The van der Waals surface area contributed by atoms with Crippen molar-refractivity contribution in [1.29, 1.82) is 0 Å². The van der Waals surface area contributed by atoms with Gasteiger partial charge >= 0.3 is 6.18 Å². The summed E-state index contributed by atoms with van der Waals surface area (Å²) < 4.78 is 39.3. The second-order valence-electron chi connectivity index (χ2n) is 4.37. The van der Waals surface area contributed by atoms with Crippen molar-refractivity contribution in [3.05, 3.63) is 52.5 Å². The fraction of sp³-hybridized carbons (Fsp3) is 0.154. The van der Waals surface area contributed by atoms with Crippen LogP contribution in [0.5, 0.6) is 0 Å². The van der Waals surface area contributed by atoms with Crippen molar-refractivity contribution in [3.63, 3.8) is 0 Å². The fourth-order valence-corrected chi connectivity index (χ4v) is 1.90. The van der Waals surface area contributed by atoms with Gasteiger partial charge in [-0.25, -0.2) is 4.98 Å². The Labute approximate surface area is 127 Å². The van der Waals surface area contributed by atoms with Crippen molar-refractivity contribution in [2.75, 3.05) is 4.90 Å². The molecule has 0 fully saturated rings. The number of nitrogens with zero attached hydrogens (tertiary/aromatic N) is 4.